The molecule has 1 aromatic heterocycles. The first-order valence-corrected chi connectivity index (χ1v) is 8.38. The van der Waals surface area contributed by atoms with Gasteiger partial charge in [-0.25, -0.2) is 0 Å². The normalized spacial score (nSPS) is 14.1. The Balaban J connectivity index is 0.00000161. The van der Waals surface area contributed by atoms with Crippen LogP contribution in [0, 0.1) is 5.92 Å². The van der Waals surface area contributed by atoms with E-state index in [1.807, 2.05) is 0 Å². The molecular weight excluding hydrogens is 348 g/mol. The highest BCUT2D eigenvalue weighted by Crippen LogP contribution is 2.31. The SMILES string of the molecule is CC(C)C[NH2+]c1c2c(nc3ccc(Br)cc13)CCCC2.[Cl-]. The maximum atomic E-state index is 4.90. The Morgan fingerprint density at radius 2 is 2.00 bits per heavy atom. The summed E-state index contributed by atoms with van der Waals surface area (Å²) in [5, 5.41) is 3.74. The van der Waals surface area contributed by atoms with Crippen molar-refractivity contribution < 1.29 is 17.7 Å². The van der Waals surface area contributed by atoms with Crippen molar-refractivity contribution in [2.75, 3.05) is 6.54 Å². The van der Waals surface area contributed by atoms with Crippen molar-refractivity contribution in [3.8, 4) is 0 Å². The first kappa shape index (κ1) is 16.7. The topological polar surface area (TPSA) is 29.5 Å². The molecule has 0 saturated heterocycles. The molecule has 2 N–H and O–H groups in total. The summed E-state index contributed by atoms with van der Waals surface area (Å²) >= 11 is 3.60. The van der Waals surface area contributed by atoms with E-state index < -0.39 is 0 Å². The molecule has 2 nitrogen and oxygen atoms in total. The lowest BCUT2D eigenvalue weighted by atomic mass is 9.92. The minimum absolute atomic E-state index is 0. The second-order valence-corrected chi connectivity index (χ2v) is 7.07. The summed E-state index contributed by atoms with van der Waals surface area (Å²) in [5.41, 5.74) is 5.42. The average molecular weight is 370 g/mol. The summed E-state index contributed by atoms with van der Waals surface area (Å²) in [6.07, 6.45) is 4.92. The molecule has 114 valence electrons. The van der Waals surface area contributed by atoms with Gasteiger partial charge in [-0.3, -0.25) is 4.98 Å². The van der Waals surface area contributed by atoms with E-state index in [4.69, 9.17) is 4.98 Å². The molecule has 2 aromatic rings. The van der Waals surface area contributed by atoms with E-state index in [0.29, 0.717) is 5.92 Å². The number of rotatable bonds is 3. The molecule has 0 spiro atoms. The van der Waals surface area contributed by atoms with Gasteiger partial charge >= 0.3 is 0 Å². The quantitative estimate of drug-likeness (QED) is 0.849. The maximum absolute atomic E-state index is 4.90. The molecule has 0 radical (unpaired) electrons. The van der Waals surface area contributed by atoms with Gasteiger partial charge in [0.05, 0.1) is 23.1 Å². The lowest BCUT2D eigenvalue weighted by molar-refractivity contribution is -0.576. The molecule has 4 heteroatoms. The molecule has 1 aromatic carbocycles. The van der Waals surface area contributed by atoms with Crippen LogP contribution in [0.5, 0.6) is 0 Å². The standard InChI is InChI=1S/C17H21BrN2.ClH/c1-11(2)10-19-17-13-5-3-4-6-15(13)20-16-8-7-12(18)9-14(16)17;/h7-9,11H,3-6,10H2,1-2H3,(H,19,20);1H. The third-order valence-corrected chi connectivity index (χ3v) is 4.55. The van der Waals surface area contributed by atoms with Crippen molar-refractivity contribution in [1.82, 2.24) is 4.98 Å². The molecule has 0 aliphatic heterocycles. The van der Waals surface area contributed by atoms with Crippen LogP contribution in [0.3, 0.4) is 0 Å². The van der Waals surface area contributed by atoms with E-state index >= 15 is 0 Å². The lowest BCUT2D eigenvalue weighted by Crippen LogP contribution is -3.00. The van der Waals surface area contributed by atoms with Crippen molar-refractivity contribution >= 4 is 32.5 Å². The number of pyridine rings is 1. The van der Waals surface area contributed by atoms with Gasteiger partial charge in [-0.2, -0.15) is 0 Å². The Kier molecular flexibility index (Phi) is 5.64. The third kappa shape index (κ3) is 3.58. The molecule has 1 aliphatic rings. The molecule has 0 fully saturated rings. The van der Waals surface area contributed by atoms with E-state index in [1.165, 1.54) is 41.6 Å². The third-order valence-electron chi connectivity index (χ3n) is 4.06. The molecule has 1 heterocycles. The fourth-order valence-electron chi connectivity index (χ4n) is 3.02. The van der Waals surface area contributed by atoms with E-state index in [9.17, 15) is 0 Å². The van der Waals surface area contributed by atoms with Gasteiger partial charge in [0, 0.05) is 16.0 Å². The van der Waals surface area contributed by atoms with Crippen molar-refractivity contribution in [2.24, 2.45) is 5.92 Å². The van der Waals surface area contributed by atoms with Crippen LogP contribution in [0.2, 0.25) is 0 Å². The number of aromatic nitrogens is 1. The number of hydrogen-bond acceptors (Lipinski definition) is 1. The summed E-state index contributed by atoms with van der Waals surface area (Å²) in [5.74, 6) is 0.699. The number of fused-ring (bicyclic) bond motifs is 2. The average Bonchev–Trinajstić information content (AvgIpc) is 2.43. The Morgan fingerprint density at radius 3 is 2.76 bits per heavy atom. The fraction of sp³-hybridized carbons (Fsp3) is 0.471. The van der Waals surface area contributed by atoms with Gasteiger partial charge in [0.2, 0.25) is 0 Å². The number of halogens is 2. The van der Waals surface area contributed by atoms with Crippen molar-refractivity contribution in [3.63, 3.8) is 0 Å². The number of nitrogens with two attached hydrogens (primary N) is 1. The number of aryl methyl sites for hydroxylation is 1. The second-order valence-electron chi connectivity index (χ2n) is 6.15. The van der Waals surface area contributed by atoms with Gasteiger partial charge in [0.25, 0.3) is 0 Å². The van der Waals surface area contributed by atoms with Crippen LogP contribution in [-0.4, -0.2) is 11.5 Å². The van der Waals surface area contributed by atoms with Crippen molar-refractivity contribution in [1.29, 1.82) is 0 Å². The zero-order chi connectivity index (χ0) is 14.1. The summed E-state index contributed by atoms with van der Waals surface area (Å²) < 4.78 is 1.14. The van der Waals surface area contributed by atoms with Crippen LogP contribution in [0.25, 0.3) is 10.9 Å². The predicted molar refractivity (Wildman–Crippen MR) is 87.4 cm³/mol. The van der Waals surface area contributed by atoms with Gasteiger partial charge in [-0.1, -0.05) is 29.8 Å². The minimum Gasteiger partial charge on any atom is -1.00 e. The van der Waals surface area contributed by atoms with Crippen LogP contribution < -0.4 is 17.7 Å². The minimum atomic E-state index is 0. The molecule has 21 heavy (non-hydrogen) atoms. The molecule has 0 atom stereocenters. The summed E-state index contributed by atoms with van der Waals surface area (Å²) in [6, 6.07) is 6.46. The Bertz CT molecular complexity index is 640. The first-order valence-electron chi connectivity index (χ1n) is 7.59. The summed E-state index contributed by atoms with van der Waals surface area (Å²) in [4.78, 5) is 4.90. The highest BCUT2D eigenvalue weighted by Gasteiger charge is 2.21. The van der Waals surface area contributed by atoms with Crippen LogP contribution in [0.15, 0.2) is 22.7 Å². The highest BCUT2D eigenvalue weighted by atomic mass is 79.9. The largest absolute Gasteiger partial charge is 1.00 e. The van der Waals surface area contributed by atoms with Crippen LogP contribution in [-0.2, 0) is 12.8 Å². The molecule has 0 saturated carbocycles. The van der Waals surface area contributed by atoms with E-state index in [-0.39, 0.29) is 12.4 Å². The Morgan fingerprint density at radius 1 is 1.24 bits per heavy atom. The van der Waals surface area contributed by atoms with Gasteiger partial charge in [-0.05, 0) is 43.9 Å². The summed E-state index contributed by atoms with van der Waals surface area (Å²) in [7, 11) is 0. The van der Waals surface area contributed by atoms with Crippen molar-refractivity contribution in [2.45, 2.75) is 39.5 Å². The molecule has 0 unspecified atom stereocenters. The maximum Gasteiger partial charge on any atom is 0.144 e. The number of hydrogen-bond donors (Lipinski definition) is 1. The number of quaternary nitrogens is 1. The van der Waals surface area contributed by atoms with E-state index in [1.54, 1.807) is 0 Å². The van der Waals surface area contributed by atoms with Crippen LogP contribution in [0.1, 0.15) is 37.9 Å². The molecule has 1 aliphatic carbocycles. The molecular formula is C17H22BrClN2. The van der Waals surface area contributed by atoms with Crippen LogP contribution >= 0.6 is 15.9 Å². The highest BCUT2D eigenvalue weighted by molar-refractivity contribution is 9.10. The van der Waals surface area contributed by atoms with Crippen LogP contribution in [0.4, 0.5) is 5.69 Å². The fourth-order valence-corrected chi connectivity index (χ4v) is 3.38. The molecule has 0 bridgehead atoms. The van der Waals surface area contributed by atoms with Gasteiger partial charge in [0.1, 0.15) is 5.69 Å². The lowest BCUT2D eigenvalue weighted by Gasteiger charge is -2.19. The van der Waals surface area contributed by atoms with E-state index in [2.05, 4.69) is 53.3 Å². The number of benzene rings is 1. The number of nitrogens with zero attached hydrogens (tertiary/aromatic N) is 1. The zero-order valence-electron chi connectivity index (χ0n) is 12.6. The Labute approximate surface area is 141 Å². The van der Waals surface area contributed by atoms with Gasteiger partial charge < -0.3 is 17.7 Å². The van der Waals surface area contributed by atoms with Gasteiger partial charge in [-0.15, -0.1) is 0 Å². The molecule has 0 amide bonds. The van der Waals surface area contributed by atoms with E-state index in [0.717, 1.165) is 23.0 Å². The monoisotopic (exact) mass is 368 g/mol. The predicted octanol–water partition coefficient (Wildman–Crippen LogP) is 0.731. The molecule has 3 rings (SSSR count). The smallest absolute Gasteiger partial charge is 0.144 e. The van der Waals surface area contributed by atoms with Crippen molar-refractivity contribution in [3.05, 3.63) is 33.9 Å². The van der Waals surface area contributed by atoms with Gasteiger partial charge in [0.15, 0.2) is 0 Å². The zero-order valence-corrected chi connectivity index (χ0v) is 15.0. The second kappa shape index (κ2) is 7.08. The Hall–Kier alpha value is -0.640. The first-order chi connectivity index (χ1) is 9.65. The summed E-state index contributed by atoms with van der Waals surface area (Å²) in [6.45, 7) is 5.70.